The number of carboxylic acid groups (broad SMARTS) is 1. The van der Waals surface area contributed by atoms with Gasteiger partial charge in [0.2, 0.25) is 0 Å². The molecule has 12 heteroatoms. The van der Waals surface area contributed by atoms with E-state index in [0.29, 0.717) is 22.8 Å². The molecule has 0 spiro atoms. The maximum absolute atomic E-state index is 12.6. The number of rotatable bonds is 5. The summed E-state index contributed by atoms with van der Waals surface area (Å²) in [4.78, 5) is 30.3. The summed E-state index contributed by atoms with van der Waals surface area (Å²) < 4.78 is 37.9. The summed E-state index contributed by atoms with van der Waals surface area (Å²) in [6.07, 6.45) is -3.56. The van der Waals surface area contributed by atoms with E-state index in [2.05, 4.69) is 32.7 Å². The zero-order valence-electron chi connectivity index (χ0n) is 22.1. The molecule has 1 amide bonds. The van der Waals surface area contributed by atoms with Crippen molar-refractivity contribution in [2.75, 3.05) is 16.4 Å². The molecule has 43 heavy (non-hydrogen) atoms. The predicted molar refractivity (Wildman–Crippen MR) is 157 cm³/mol. The second kappa shape index (κ2) is 11.9. The third-order valence-corrected chi connectivity index (χ3v) is 6.16. The minimum atomic E-state index is -5.08. The Hall–Kier alpha value is -5.91. The number of fused-ring (bicyclic) bond motifs is 3. The zero-order valence-corrected chi connectivity index (χ0v) is 22.1. The second-order valence-electron chi connectivity index (χ2n) is 9.15. The average Bonchev–Trinajstić information content (AvgIpc) is 3.37. The lowest BCUT2D eigenvalue weighted by molar-refractivity contribution is -0.192. The topological polar surface area (TPSA) is 143 Å². The number of nitrogens with one attached hydrogen (secondary N) is 2. The van der Waals surface area contributed by atoms with E-state index in [-0.39, 0.29) is 5.91 Å². The van der Waals surface area contributed by atoms with Gasteiger partial charge >= 0.3 is 12.1 Å². The zero-order chi connectivity index (χ0) is 30.6. The molecule has 0 aliphatic carbocycles. The van der Waals surface area contributed by atoms with Crippen LogP contribution in [0.2, 0.25) is 0 Å². The molecule has 2 aromatic heterocycles. The summed E-state index contributed by atoms with van der Waals surface area (Å²) in [6, 6.07) is 30.1. The smallest absolute Gasteiger partial charge is 0.475 e. The van der Waals surface area contributed by atoms with E-state index in [1.54, 1.807) is 24.3 Å². The number of carboxylic acids is 1. The number of nitrogen functional groups attached to an aromatic ring is 1. The molecule has 0 unspecified atom stereocenters. The van der Waals surface area contributed by atoms with Gasteiger partial charge in [-0.2, -0.15) is 13.2 Å². The molecule has 9 nitrogen and oxygen atoms in total. The van der Waals surface area contributed by atoms with Gasteiger partial charge in [-0.15, -0.1) is 0 Å². The molecule has 4 aromatic carbocycles. The minimum Gasteiger partial charge on any atom is -0.475 e. The van der Waals surface area contributed by atoms with Crippen molar-refractivity contribution in [1.82, 2.24) is 9.97 Å². The number of aliphatic carboxylic acids is 1. The Balaban J connectivity index is 0.000000472. The number of amides is 1. The summed E-state index contributed by atoms with van der Waals surface area (Å²) in [5.74, 6) is -2.35. The van der Waals surface area contributed by atoms with E-state index in [1.807, 2.05) is 60.7 Å². The van der Waals surface area contributed by atoms with Crippen molar-refractivity contribution in [3.63, 3.8) is 0 Å². The number of hydrogen-bond acceptors (Lipinski definition) is 7. The maximum atomic E-state index is 12.6. The highest BCUT2D eigenvalue weighted by Crippen LogP contribution is 2.35. The molecule has 6 rings (SSSR count). The number of aromatic nitrogens is 2. The highest BCUT2D eigenvalue weighted by Gasteiger charge is 2.38. The molecule has 2 heterocycles. The van der Waals surface area contributed by atoms with Crippen molar-refractivity contribution in [2.45, 2.75) is 6.18 Å². The molecule has 0 fully saturated rings. The summed E-state index contributed by atoms with van der Waals surface area (Å²) >= 11 is 0. The van der Waals surface area contributed by atoms with Crippen molar-refractivity contribution >= 4 is 56.7 Å². The number of alkyl halides is 3. The van der Waals surface area contributed by atoms with Crippen LogP contribution in [0, 0.1) is 0 Å². The number of anilines is 4. The third kappa shape index (κ3) is 6.70. The summed E-state index contributed by atoms with van der Waals surface area (Å²) in [5, 5.41) is 15.4. The first-order chi connectivity index (χ1) is 20.6. The van der Waals surface area contributed by atoms with Crippen LogP contribution in [0.15, 0.2) is 108 Å². The number of nitrogens with zero attached hydrogens (tertiary/aromatic N) is 2. The maximum Gasteiger partial charge on any atom is 0.490 e. The number of para-hydroxylation sites is 2. The molecule has 0 aliphatic rings. The molecule has 0 aliphatic heterocycles. The monoisotopic (exact) mass is 585 g/mol. The van der Waals surface area contributed by atoms with Crippen LogP contribution in [0.3, 0.4) is 0 Å². The van der Waals surface area contributed by atoms with Gasteiger partial charge in [0.15, 0.2) is 0 Å². The quantitative estimate of drug-likeness (QED) is 0.155. The van der Waals surface area contributed by atoms with E-state index in [4.69, 9.17) is 20.1 Å². The first-order valence-corrected chi connectivity index (χ1v) is 12.7. The predicted octanol–water partition coefficient (Wildman–Crippen LogP) is 7.25. The Bertz CT molecular complexity index is 1940. The third-order valence-electron chi connectivity index (χ3n) is 6.16. The number of benzene rings is 4. The van der Waals surface area contributed by atoms with Crippen molar-refractivity contribution in [3.05, 3.63) is 109 Å². The molecule has 216 valence electrons. The highest BCUT2D eigenvalue weighted by molar-refractivity contribution is 6.09. The van der Waals surface area contributed by atoms with Crippen LogP contribution >= 0.6 is 0 Å². The number of carbonyl (C=O) groups excluding carboxylic acids is 1. The van der Waals surface area contributed by atoms with Crippen LogP contribution in [-0.4, -0.2) is 33.1 Å². The number of carbonyl (C=O) groups is 2. The lowest BCUT2D eigenvalue weighted by Crippen LogP contribution is -2.21. The fraction of sp³-hybridized carbons (Fsp3) is 0.0323. The Morgan fingerprint density at radius 1 is 0.814 bits per heavy atom. The fourth-order valence-corrected chi connectivity index (χ4v) is 4.18. The van der Waals surface area contributed by atoms with Gasteiger partial charge in [-0.05, 0) is 54.6 Å². The van der Waals surface area contributed by atoms with Crippen LogP contribution in [0.5, 0.6) is 0 Å². The number of furan rings is 1. The summed E-state index contributed by atoms with van der Waals surface area (Å²) in [7, 11) is 0. The van der Waals surface area contributed by atoms with Gasteiger partial charge in [0.05, 0.1) is 5.69 Å². The number of halogens is 3. The molecule has 0 saturated heterocycles. The van der Waals surface area contributed by atoms with Crippen molar-refractivity contribution < 1.29 is 32.3 Å². The van der Waals surface area contributed by atoms with Crippen LogP contribution in [0.25, 0.3) is 33.2 Å². The normalized spacial score (nSPS) is 11.0. The molecule has 0 radical (unpaired) electrons. The first kappa shape index (κ1) is 28.6. The largest absolute Gasteiger partial charge is 0.490 e. The first-order valence-electron chi connectivity index (χ1n) is 12.7. The molecule has 0 atom stereocenters. The standard InChI is InChI=1S/C29H21N5O2.C2HF3O2/c30-19-13-11-18(12-14-19)29(35)34-21-6-3-5-20(15-21)33-27-16-25(31-17-32-27)24-9-4-8-23-22-7-1-2-10-26(22)36-28(23)24;3-2(4,5)1(6)7/h1-17H,30H2,(H,34,35)(H,31,32,33);(H,6,7). The van der Waals surface area contributed by atoms with E-state index in [0.717, 1.165) is 38.9 Å². The Kier molecular flexibility index (Phi) is 7.92. The van der Waals surface area contributed by atoms with Crippen LogP contribution in [-0.2, 0) is 4.79 Å². The molecular formula is C31H22F3N5O4. The number of nitrogens with two attached hydrogens (primary N) is 1. The summed E-state index contributed by atoms with van der Waals surface area (Å²) in [6.45, 7) is 0. The van der Waals surface area contributed by atoms with Crippen LogP contribution in [0.1, 0.15) is 10.4 Å². The Labute approximate surface area is 241 Å². The fourth-order valence-electron chi connectivity index (χ4n) is 4.18. The van der Waals surface area contributed by atoms with Gasteiger partial charge in [-0.25, -0.2) is 14.8 Å². The molecule has 6 aromatic rings. The van der Waals surface area contributed by atoms with Gasteiger partial charge in [0.1, 0.15) is 23.3 Å². The van der Waals surface area contributed by atoms with Crippen molar-refractivity contribution in [1.29, 1.82) is 0 Å². The lowest BCUT2D eigenvalue weighted by Gasteiger charge is -2.10. The second-order valence-corrected chi connectivity index (χ2v) is 9.15. The van der Waals surface area contributed by atoms with Crippen molar-refractivity contribution in [3.8, 4) is 11.3 Å². The molecular weight excluding hydrogens is 563 g/mol. The van der Waals surface area contributed by atoms with Crippen LogP contribution < -0.4 is 16.4 Å². The van der Waals surface area contributed by atoms with E-state index in [9.17, 15) is 18.0 Å². The molecule has 0 saturated carbocycles. The van der Waals surface area contributed by atoms with Gasteiger partial charge in [-0.3, -0.25) is 4.79 Å². The van der Waals surface area contributed by atoms with Crippen molar-refractivity contribution in [2.24, 2.45) is 0 Å². The van der Waals surface area contributed by atoms with E-state index >= 15 is 0 Å². The molecule has 5 N–H and O–H groups in total. The highest BCUT2D eigenvalue weighted by atomic mass is 19.4. The van der Waals surface area contributed by atoms with Gasteiger partial charge < -0.3 is 25.9 Å². The van der Waals surface area contributed by atoms with Gasteiger partial charge in [0.25, 0.3) is 5.91 Å². The van der Waals surface area contributed by atoms with Gasteiger partial charge in [0, 0.05) is 45.0 Å². The van der Waals surface area contributed by atoms with Crippen LogP contribution in [0.4, 0.5) is 36.1 Å². The Morgan fingerprint density at radius 3 is 2.23 bits per heavy atom. The van der Waals surface area contributed by atoms with Gasteiger partial charge in [-0.1, -0.05) is 36.4 Å². The Morgan fingerprint density at radius 2 is 1.49 bits per heavy atom. The SMILES string of the molecule is Nc1ccc(C(=O)Nc2cccc(Nc3cc(-c4cccc5c4oc4ccccc45)ncn3)c2)cc1.O=C(O)C(F)(F)F. The summed E-state index contributed by atoms with van der Waals surface area (Å²) in [5.41, 5.74) is 11.5. The number of hydrogen-bond donors (Lipinski definition) is 4. The van der Waals surface area contributed by atoms with E-state index < -0.39 is 12.1 Å². The minimum absolute atomic E-state index is 0.213. The molecule has 0 bridgehead atoms. The van der Waals surface area contributed by atoms with E-state index in [1.165, 1.54) is 6.33 Å². The lowest BCUT2D eigenvalue weighted by atomic mass is 10.1. The average molecular weight is 586 g/mol.